The van der Waals surface area contributed by atoms with Gasteiger partial charge in [0, 0.05) is 23.2 Å². The molecule has 0 fully saturated rings. The lowest BCUT2D eigenvalue weighted by Crippen LogP contribution is -2.19. The molecule has 0 radical (unpaired) electrons. The maximum atomic E-state index is 10.6. The van der Waals surface area contributed by atoms with Gasteiger partial charge in [-0.3, -0.25) is 10.1 Å². The summed E-state index contributed by atoms with van der Waals surface area (Å²) in [6.45, 7) is 0. The molecule has 0 aliphatic rings. The Kier molecular flexibility index (Phi) is 4.79. The summed E-state index contributed by atoms with van der Waals surface area (Å²) < 4.78 is 0. The molecule has 1 aromatic rings. The second-order valence-electron chi connectivity index (χ2n) is 3.42. The maximum absolute atomic E-state index is 10.6. The van der Waals surface area contributed by atoms with Gasteiger partial charge in [0.15, 0.2) is 0 Å². The molecule has 1 rings (SSSR count). The minimum absolute atomic E-state index is 0.166. The van der Waals surface area contributed by atoms with Crippen LogP contribution in [0.2, 0.25) is 0 Å². The Labute approximate surface area is 106 Å². The van der Waals surface area contributed by atoms with Crippen LogP contribution in [0, 0.1) is 10.1 Å². The molecule has 0 aromatic carbocycles. The summed E-state index contributed by atoms with van der Waals surface area (Å²) in [5, 5.41) is 30.4. The highest BCUT2D eigenvalue weighted by Gasteiger charge is 2.22. The maximum Gasteiger partial charge on any atom is 0.311 e. The van der Waals surface area contributed by atoms with Gasteiger partial charge in [0.05, 0.1) is 11.0 Å². The van der Waals surface area contributed by atoms with E-state index in [0.717, 1.165) is 6.07 Å². The molecule has 4 N–H and O–H groups in total. The molecule has 0 spiro atoms. The first-order valence-electron chi connectivity index (χ1n) is 4.79. The lowest BCUT2D eigenvalue weighted by atomic mass is 10.0. The van der Waals surface area contributed by atoms with Crippen LogP contribution < -0.4 is 5.73 Å². The van der Waals surface area contributed by atoms with E-state index in [1.54, 1.807) is 0 Å². The van der Waals surface area contributed by atoms with Gasteiger partial charge >= 0.3 is 5.69 Å². The molecule has 1 aromatic heterocycles. The standard InChI is InChI=1S/C9H12BrN3O4/c10-2-1-7(14)8(15)5-3-6(13(16)17)9(11)12-4-5/h3-4,7-8,14-15H,1-2H2,(H2,11,12). The van der Waals surface area contributed by atoms with Gasteiger partial charge in [0.2, 0.25) is 5.82 Å². The van der Waals surface area contributed by atoms with Crippen molar-refractivity contribution in [2.24, 2.45) is 0 Å². The third kappa shape index (κ3) is 3.35. The zero-order valence-corrected chi connectivity index (χ0v) is 10.4. The Bertz CT molecular complexity index is 415. The number of anilines is 1. The van der Waals surface area contributed by atoms with Gasteiger partial charge in [0.25, 0.3) is 0 Å². The van der Waals surface area contributed by atoms with Gasteiger partial charge in [0.1, 0.15) is 6.10 Å². The Morgan fingerprint density at radius 2 is 2.24 bits per heavy atom. The fraction of sp³-hybridized carbons (Fsp3) is 0.444. The molecule has 0 aliphatic heterocycles. The highest BCUT2D eigenvalue weighted by atomic mass is 79.9. The van der Waals surface area contributed by atoms with E-state index in [2.05, 4.69) is 20.9 Å². The van der Waals surface area contributed by atoms with Crippen molar-refractivity contribution in [3.8, 4) is 0 Å². The topological polar surface area (TPSA) is 123 Å². The third-order valence-corrected chi connectivity index (χ3v) is 2.68. The molecule has 17 heavy (non-hydrogen) atoms. The van der Waals surface area contributed by atoms with Crippen molar-refractivity contribution in [3.63, 3.8) is 0 Å². The average molecular weight is 306 g/mol. The second-order valence-corrected chi connectivity index (χ2v) is 4.21. The zero-order chi connectivity index (χ0) is 13.0. The molecule has 7 nitrogen and oxygen atoms in total. The van der Waals surface area contributed by atoms with Crippen LogP contribution in [0.5, 0.6) is 0 Å². The lowest BCUT2D eigenvalue weighted by molar-refractivity contribution is -0.384. The summed E-state index contributed by atoms with van der Waals surface area (Å²) in [7, 11) is 0. The number of nitrogens with zero attached hydrogens (tertiary/aromatic N) is 2. The normalized spacial score (nSPS) is 14.3. The summed E-state index contributed by atoms with van der Waals surface area (Å²) in [6, 6.07) is 1.12. The van der Waals surface area contributed by atoms with Gasteiger partial charge in [-0.05, 0) is 6.42 Å². The molecule has 0 saturated heterocycles. The van der Waals surface area contributed by atoms with Gasteiger partial charge < -0.3 is 15.9 Å². The summed E-state index contributed by atoms with van der Waals surface area (Å²) in [4.78, 5) is 13.6. The van der Waals surface area contributed by atoms with E-state index in [0.29, 0.717) is 11.8 Å². The number of aliphatic hydroxyl groups is 2. The van der Waals surface area contributed by atoms with Crippen LogP contribution in [0.4, 0.5) is 11.5 Å². The second kappa shape index (κ2) is 5.89. The molecule has 0 bridgehead atoms. The molecule has 2 atom stereocenters. The first-order chi connectivity index (χ1) is 7.97. The van der Waals surface area contributed by atoms with Crippen molar-refractivity contribution in [2.75, 3.05) is 11.1 Å². The van der Waals surface area contributed by atoms with E-state index < -0.39 is 17.1 Å². The Morgan fingerprint density at radius 1 is 1.59 bits per heavy atom. The van der Waals surface area contributed by atoms with Crippen molar-refractivity contribution in [1.82, 2.24) is 4.98 Å². The quantitative estimate of drug-likeness (QED) is 0.419. The van der Waals surface area contributed by atoms with Crippen LogP contribution >= 0.6 is 15.9 Å². The lowest BCUT2D eigenvalue weighted by Gasteiger charge is -2.16. The minimum Gasteiger partial charge on any atom is -0.390 e. The summed E-state index contributed by atoms with van der Waals surface area (Å²) in [6.07, 6.45) is -0.706. The Morgan fingerprint density at radius 3 is 2.76 bits per heavy atom. The number of halogens is 1. The van der Waals surface area contributed by atoms with Gasteiger partial charge in [-0.2, -0.15) is 0 Å². The summed E-state index contributed by atoms with van der Waals surface area (Å²) in [5.41, 5.74) is 5.11. The number of aromatic nitrogens is 1. The molecule has 2 unspecified atom stereocenters. The van der Waals surface area contributed by atoms with Gasteiger partial charge in [-0.1, -0.05) is 15.9 Å². The first kappa shape index (κ1) is 13.8. The van der Waals surface area contributed by atoms with Gasteiger partial charge in [-0.25, -0.2) is 4.98 Å². The smallest absolute Gasteiger partial charge is 0.311 e. The Balaban J connectivity index is 2.99. The molecular formula is C9H12BrN3O4. The number of alkyl halides is 1. The van der Waals surface area contributed by atoms with E-state index in [1.165, 1.54) is 6.20 Å². The summed E-state index contributed by atoms with van der Waals surface area (Å²) >= 11 is 3.13. The predicted molar refractivity (Wildman–Crippen MR) is 64.7 cm³/mol. The molecular weight excluding hydrogens is 294 g/mol. The van der Waals surface area contributed by atoms with Crippen LogP contribution in [-0.2, 0) is 0 Å². The number of pyridine rings is 1. The largest absolute Gasteiger partial charge is 0.390 e. The fourth-order valence-electron chi connectivity index (χ4n) is 1.28. The molecule has 1 heterocycles. The van der Waals surface area contributed by atoms with E-state index in [4.69, 9.17) is 5.73 Å². The van der Waals surface area contributed by atoms with Crippen molar-refractivity contribution in [2.45, 2.75) is 18.6 Å². The van der Waals surface area contributed by atoms with Crippen molar-refractivity contribution in [1.29, 1.82) is 0 Å². The molecule has 0 amide bonds. The highest BCUT2D eigenvalue weighted by molar-refractivity contribution is 9.09. The number of hydrogen-bond donors (Lipinski definition) is 3. The average Bonchev–Trinajstić information content (AvgIpc) is 2.28. The highest BCUT2D eigenvalue weighted by Crippen LogP contribution is 2.25. The van der Waals surface area contributed by atoms with Crippen LogP contribution in [0.1, 0.15) is 18.1 Å². The first-order valence-corrected chi connectivity index (χ1v) is 5.91. The molecule has 94 valence electrons. The number of nitrogen functional groups attached to an aromatic ring is 1. The van der Waals surface area contributed by atoms with E-state index in [9.17, 15) is 20.3 Å². The number of aliphatic hydroxyl groups excluding tert-OH is 2. The monoisotopic (exact) mass is 305 g/mol. The third-order valence-electron chi connectivity index (χ3n) is 2.23. The summed E-state index contributed by atoms with van der Waals surface area (Å²) in [5.74, 6) is -0.221. The molecule has 0 aliphatic carbocycles. The SMILES string of the molecule is Nc1ncc(C(O)C(O)CCBr)cc1[N+](=O)[O-]. The molecule has 8 heteroatoms. The van der Waals surface area contributed by atoms with Crippen molar-refractivity contribution >= 4 is 27.4 Å². The van der Waals surface area contributed by atoms with Crippen molar-refractivity contribution < 1.29 is 15.1 Å². The van der Waals surface area contributed by atoms with E-state index >= 15 is 0 Å². The molecule has 0 saturated carbocycles. The number of hydrogen-bond acceptors (Lipinski definition) is 6. The van der Waals surface area contributed by atoms with Crippen molar-refractivity contribution in [3.05, 3.63) is 27.9 Å². The van der Waals surface area contributed by atoms with E-state index in [-0.39, 0.29) is 17.1 Å². The van der Waals surface area contributed by atoms with Crippen LogP contribution in [0.3, 0.4) is 0 Å². The van der Waals surface area contributed by atoms with Crippen LogP contribution in [0.25, 0.3) is 0 Å². The van der Waals surface area contributed by atoms with E-state index in [1.807, 2.05) is 0 Å². The predicted octanol–water partition coefficient (Wildman–Crippen LogP) is 0.751. The zero-order valence-electron chi connectivity index (χ0n) is 8.78. The van der Waals surface area contributed by atoms with Crippen LogP contribution in [-0.4, -0.2) is 31.6 Å². The van der Waals surface area contributed by atoms with Gasteiger partial charge in [-0.15, -0.1) is 0 Å². The minimum atomic E-state index is -1.22. The number of nitro groups is 1. The number of rotatable bonds is 5. The Hall–Kier alpha value is -1.25. The number of nitrogens with two attached hydrogens (primary N) is 1. The van der Waals surface area contributed by atoms with Crippen LogP contribution in [0.15, 0.2) is 12.3 Å². The fourth-order valence-corrected chi connectivity index (χ4v) is 1.75.